The second-order valence-electron chi connectivity index (χ2n) is 9.51. The maximum atomic E-state index is 13.5. The first-order chi connectivity index (χ1) is 17.8. The van der Waals surface area contributed by atoms with Gasteiger partial charge in [0, 0.05) is 37.2 Å². The van der Waals surface area contributed by atoms with Gasteiger partial charge in [-0.25, -0.2) is 0 Å². The number of likely N-dealkylation sites (N-methyl/N-ethyl adjacent to an activating group) is 1. The Labute approximate surface area is 221 Å². The molecule has 0 saturated carbocycles. The Bertz CT molecular complexity index is 1450. The smallest absolute Gasteiger partial charge is 0.258 e. The number of nitrogens with zero attached hydrogens (tertiary/aromatic N) is 4. The van der Waals surface area contributed by atoms with Crippen molar-refractivity contribution < 1.29 is 14.1 Å². The first kappa shape index (κ1) is 25.0. The van der Waals surface area contributed by atoms with Crippen LogP contribution in [0.5, 0.6) is 5.75 Å². The number of benzene rings is 3. The number of amides is 1. The van der Waals surface area contributed by atoms with Gasteiger partial charge in [-0.15, -0.1) is 0 Å². The lowest BCUT2D eigenvalue weighted by Gasteiger charge is -2.19. The van der Waals surface area contributed by atoms with E-state index >= 15 is 0 Å². The van der Waals surface area contributed by atoms with Gasteiger partial charge < -0.3 is 19.1 Å². The molecule has 0 spiro atoms. The van der Waals surface area contributed by atoms with E-state index in [-0.39, 0.29) is 5.91 Å². The molecule has 7 nitrogen and oxygen atoms in total. The molecule has 1 amide bonds. The Morgan fingerprint density at radius 1 is 1.08 bits per heavy atom. The number of hydrogen-bond acceptors (Lipinski definition) is 6. The van der Waals surface area contributed by atoms with Crippen LogP contribution in [0.2, 0.25) is 5.02 Å². The van der Waals surface area contributed by atoms with Crippen LogP contribution in [0.1, 0.15) is 27.4 Å². The molecule has 1 aromatic heterocycles. The molecule has 0 bridgehead atoms. The summed E-state index contributed by atoms with van der Waals surface area (Å²) in [6.07, 6.45) is 0.766. The van der Waals surface area contributed by atoms with Gasteiger partial charge in [0.25, 0.3) is 5.91 Å². The van der Waals surface area contributed by atoms with E-state index < -0.39 is 0 Å². The van der Waals surface area contributed by atoms with Gasteiger partial charge in [-0.3, -0.25) is 4.79 Å². The van der Waals surface area contributed by atoms with Gasteiger partial charge in [0.1, 0.15) is 12.4 Å². The van der Waals surface area contributed by atoms with Gasteiger partial charge in [0.15, 0.2) is 0 Å². The van der Waals surface area contributed by atoms with Crippen molar-refractivity contribution in [2.75, 3.05) is 38.7 Å². The number of ether oxygens (including phenoxy) is 1. The van der Waals surface area contributed by atoms with Gasteiger partial charge in [0.2, 0.25) is 11.7 Å². The SMILES string of the molecule is Cc1nc(-c2ccc(-c3ccc(C(=O)N4CCc5cc(Cl)c(OCCN(C)C)cc54)cc3)c(C)c2)no1. The summed E-state index contributed by atoms with van der Waals surface area (Å²) in [6.45, 7) is 5.74. The van der Waals surface area contributed by atoms with Crippen LogP contribution in [0.25, 0.3) is 22.5 Å². The molecule has 3 aromatic carbocycles. The number of carbonyl (C=O) groups is 1. The predicted octanol–water partition coefficient (Wildman–Crippen LogP) is 5.82. The van der Waals surface area contributed by atoms with Crippen LogP contribution in [0, 0.1) is 13.8 Å². The highest BCUT2D eigenvalue weighted by atomic mass is 35.5. The lowest BCUT2D eigenvalue weighted by Crippen LogP contribution is -2.28. The number of aromatic nitrogens is 2. The zero-order valence-corrected chi connectivity index (χ0v) is 22.2. The van der Waals surface area contributed by atoms with Crippen molar-refractivity contribution in [3.8, 4) is 28.3 Å². The van der Waals surface area contributed by atoms with Crippen LogP contribution in [0.4, 0.5) is 5.69 Å². The molecule has 8 heteroatoms. The second-order valence-corrected chi connectivity index (χ2v) is 9.92. The maximum absolute atomic E-state index is 13.5. The standard InChI is InChI=1S/C29H29ClN4O3/c1-18-15-23(28-31-19(2)37-32-28)9-10-24(18)20-5-7-21(8-6-20)29(35)34-12-11-22-16-25(30)27(17-26(22)34)36-14-13-33(3)4/h5-10,15-17H,11-14H2,1-4H3. The second kappa shape index (κ2) is 10.4. The molecule has 0 unspecified atom stereocenters. The van der Waals surface area contributed by atoms with Crippen molar-refractivity contribution in [1.29, 1.82) is 0 Å². The zero-order valence-electron chi connectivity index (χ0n) is 21.4. The minimum atomic E-state index is -0.0357. The first-order valence-corrected chi connectivity index (χ1v) is 12.6. The largest absolute Gasteiger partial charge is 0.491 e. The molecule has 0 atom stereocenters. The van der Waals surface area contributed by atoms with Crippen molar-refractivity contribution in [3.63, 3.8) is 0 Å². The topological polar surface area (TPSA) is 71.7 Å². The molecule has 5 rings (SSSR count). The number of hydrogen-bond donors (Lipinski definition) is 0. The molecular formula is C29H29ClN4O3. The number of rotatable bonds is 7. The lowest BCUT2D eigenvalue weighted by atomic mass is 9.97. The predicted molar refractivity (Wildman–Crippen MR) is 146 cm³/mol. The summed E-state index contributed by atoms with van der Waals surface area (Å²) < 4.78 is 11.0. The van der Waals surface area contributed by atoms with Gasteiger partial charge in [-0.2, -0.15) is 4.98 Å². The Balaban J connectivity index is 1.34. The minimum absolute atomic E-state index is 0.0357. The van der Waals surface area contributed by atoms with Crippen LogP contribution in [0.3, 0.4) is 0 Å². The summed E-state index contributed by atoms with van der Waals surface area (Å²) in [5.74, 6) is 1.68. The van der Waals surface area contributed by atoms with Gasteiger partial charge in [-0.05, 0) is 74.0 Å². The van der Waals surface area contributed by atoms with Crippen molar-refractivity contribution in [3.05, 3.63) is 82.2 Å². The molecule has 1 aliphatic heterocycles. The fourth-order valence-electron chi connectivity index (χ4n) is 4.54. The highest BCUT2D eigenvalue weighted by Crippen LogP contribution is 2.38. The van der Waals surface area contributed by atoms with E-state index in [2.05, 4.69) is 17.1 Å². The van der Waals surface area contributed by atoms with E-state index in [9.17, 15) is 4.79 Å². The quantitative estimate of drug-likeness (QED) is 0.308. The monoisotopic (exact) mass is 516 g/mol. The Morgan fingerprint density at radius 2 is 1.84 bits per heavy atom. The molecule has 0 fully saturated rings. The van der Waals surface area contributed by atoms with E-state index in [0.717, 1.165) is 46.5 Å². The van der Waals surface area contributed by atoms with E-state index in [4.69, 9.17) is 20.9 Å². The van der Waals surface area contributed by atoms with E-state index in [1.165, 1.54) is 0 Å². The number of anilines is 1. The summed E-state index contributed by atoms with van der Waals surface area (Å²) in [7, 11) is 3.99. The van der Waals surface area contributed by atoms with Crippen LogP contribution in [-0.4, -0.2) is 54.7 Å². The fourth-order valence-corrected chi connectivity index (χ4v) is 4.78. The average Bonchev–Trinajstić information content (AvgIpc) is 3.49. The minimum Gasteiger partial charge on any atom is -0.491 e. The van der Waals surface area contributed by atoms with Crippen molar-refractivity contribution in [2.24, 2.45) is 0 Å². The third-order valence-corrected chi connectivity index (χ3v) is 6.82. The molecule has 37 heavy (non-hydrogen) atoms. The lowest BCUT2D eigenvalue weighted by molar-refractivity contribution is 0.0989. The van der Waals surface area contributed by atoms with Gasteiger partial charge >= 0.3 is 0 Å². The summed E-state index contributed by atoms with van der Waals surface area (Å²) in [5, 5.41) is 4.58. The van der Waals surface area contributed by atoms with E-state index in [0.29, 0.717) is 41.2 Å². The van der Waals surface area contributed by atoms with Crippen LogP contribution < -0.4 is 9.64 Å². The molecule has 0 saturated heterocycles. The number of halogens is 1. The van der Waals surface area contributed by atoms with Crippen molar-refractivity contribution in [1.82, 2.24) is 15.0 Å². The molecular weight excluding hydrogens is 488 g/mol. The van der Waals surface area contributed by atoms with Crippen LogP contribution in [-0.2, 0) is 6.42 Å². The van der Waals surface area contributed by atoms with Crippen molar-refractivity contribution >= 4 is 23.2 Å². The third kappa shape index (κ3) is 5.24. The Kier molecular flexibility index (Phi) is 7.00. The average molecular weight is 517 g/mol. The summed E-state index contributed by atoms with van der Waals surface area (Å²) in [5.41, 5.74) is 6.68. The van der Waals surface area contributed by atoms with Gasteiger partial charge in [-0.1, -0.05) is 41.0 Å². The Morgan fingerprint density at radius 3 is 2.51 bits per heavy atom. The maximum Gasteiger partial charge on any atom is 0.258 e. The van der Waals surface area contributed by atoms with Crippen LogP contribution in [0.15, 0.2) is 59.1 Å². The molecule has 0 N–H and O–H groups in total. The summed E-state index contributed by atoms with van der Waals surface area (Å²) in [6, 6.07) is 17.6. The molecule has 190 valence electrons. The molecule has 2 heterocycles. The first-order valence-electron chi connectivity index (χ1n) is 12.2. The zero-order chi connectivity index (χ0) is 26.1. The molecule has 0 radical (unpaired) electrons. The van der Waals surface area contributed by atoms with Crippen LogP contribution >= 0.6 is 11.6 Å². The third-order valence-electron chi connectivity index (χ3n) is 6.52. The number of fused-ring (bicyclic) bond motifs is 1. The van der Waals surface area contributed by atoms with Gasteiger partial charge in [0.05, 0.1) is 10.7 Å². The molecule has 4 aromatic rings. The highest BCUT2D eigenvalue weighted by Gasteiger charge is 2.27. The molecule has 1 aliphatic rings. The van der Waals surface area contributed by atoms with E-state index in [1.54, 1.807) is 6.92 Å². The molecule has 0 aliphatic carbocycles. The number of aryl methyl sites for hydroxylation is 2. The van der Waals surface area contributed by atoms with E-state index in [1.807, 2.05) is 78.5 Å². The normalized spacial score (nSPS) is 12.8. The Hall–Kier alpha value is -3.68. The van der Waals surface area contributed by atoms with Crippen molar-refractivity contribution in [2.45, 2.75) is 20.3 Å². The summed E-state index contributed by atoms with van der Waals surface area (Å²) in [4.78, 5) is 21.6. The highest BCUT2D eigenvalue weighted by molar-refractivity contribution is 6.32. The fraction of sp³-hybridized carbons (Fsp3) is 0.276. The number of carbonyl (C=O) groups excluding carboxylic acids is 1. The summed E-state index contributed by atoms with van der Waals surface area (Å²) >= 11 is 6.45.